The van der Waals surface area contributed by atoms with Crippen LogP contribution >= 0.6 is 11.8 Å². The number of amides is 1. The van der Waals surface area contributed by atoms with Crippen LogP contribution in [0.2, 0.25) is 0 Å². The number of nitrogens with one attached hydrogen (secondary N) is 1. The van der Waals surface area contributed by atoms with E-state index in [1.165, 1.54) is 22.9 Å². The van der Waals surface area contributed by atoms with Crippen LogP contribution in [0.15, 0.2) is 53.2 Å². The fraction of sp³-hybridized carbons (Fsp3) is 0.381. The lowest BCUT2D eigenvalue weighted by molar-refractivity contribution is -0.136. The lowest BCUT2D eigenvalue weighted by Crippen LogP contribution is -2.57. The number of carbonyl (C=O) groups is 3. The highest BCUT2D eigenvalue weighted by atomic mass is 32.2. The van der Waals surface area contributed by atoms with E-state index in [0.717, 1.165) is 38.0 Å². The van der Waals surface area contributed by atoms with Gasteiger partial charge in [0.1, 0.15) is 11.1 Å². The molecule has 9 heteroatoms. The Morgan fingerprint density at radius 3 is 2.37 bits per heavy atom. The average Bonchev–Trinajstić information content (AvgIpc) is 3.18. The summed E-state index contributed by atoms with van der Waals surface area (Å²) in [5, 5.41) is 21.3. The largest absolute Gasteiger partial charge is 0.478 e. The summed E-state index contributed by atoms with van der Waals surface area (Å²) in [6, 6.07) is 9.22. The molecule has 0 aliphatic carbocycles. The molecule has 0 spiro atoms. The molecular weight excluding hydrogens is 406 g/mol. The Kier molecular flexibility index (Phi) is 5.83. The van der Waals surface area contributed by atoms with Gasteiger partial charge in [0.2, 0.25) is 0 Å². The van der Waals surface area contributed by atoms with Crippen molar-refractivity contribution < 1.29 is 24.6 Å². The van der Waals surface area contributed by atoms with Crippen LogP contribution in [0.4, 0.5) is 0 Å². The fourth-order valence-corrected chi connectivity index (χ4v) is 5.45. The van der Waals surface area contributed by atoms with Crippen LogP contribution in [-0.4, -0.2) is 63.5 Å². The number of carbonyl (C=O) groups excluding carboxylic acids is 1. The van der Waals surface area contributed by atoms with E-state index in [1.807, 2.05) is 30.3 Å². The topological polar surface area (TPSA) is 110 Å². The number of hydrogen-bond acceptors (Lipinski definition) is 6. The molecular formula is C21H23N3O5S. The highest BCUT2D eigenvalue weighted by Gasteiger charge is 2.38. The summed E-state index contributed by atoms with van der Waals surface area (Å²) in [5.41, 5.74) is 0.386. The van der Waals surface area contributed by atoms with E-state index >= 15 is 0 Å². The number of thioether (sulfide) groups is 1. The Bertz CT molecular complexity index is 908. The first kappa shape index (κ1) is 20.5. The molecule has 4 aliphatic heterocycles. The maximum Gasteiger partial charge on any atom is 0.352 e. The molecule has 2 bridgehead atoms. The number of rotatable bonds is 6. The summed E-state index contributed by atoms with van der Waals surface area (Å²) in [4.78, 5) is 40.0. The van der Waals surface area contributed by atoms with Crippen LogP contribution in [0, 0.1) is 5.92 Å². The SMILES string of the molecule is O=C(O)/C=C(\C(=O)O)N1C=C(C(=O)N[C@H]2CN3CCC2CC3)SC1c1ccccc1. The normalized spacial score (nSPS) is 28.2. The quantitative estimate of drug-likeness (QED) is 0.588. The van der Waals surface area contributed by atoms with E-state index in [4.69, 9.17) is 5.11 Å². The Labute approximate surface area is 178 Å². The van der Waals surface area contributed by atoms with Crippen molar-refractivity contribution >= 4 is 29.6 Å². The average molecular weight is 429 g/mol. The van der Waals surface area contributed by atoms with Gasteiger partial charge in [-0.1, -0.05) is 42.1 Å². The van der Waals surface area contributed by atoms with Crippen LogP contribution < -0.4 is 5.32 Å². The molecule has 1 unspecified atom stereocenters. The molecule has 158 valence electrons. The zero-order valence-electron chi connectivity index (χ0n) is 16.2. The van der Waals surface area contributed by atoms with Gasteiger partial charge in [0.25, 0.3) is 5.91 Å². The van der Waals surface area contributed by atoms with Crippen molar-refractivity contribution in [1.82, 2.24) is 15.1 Å². The predicted molar refractivity (Wildman–Crippen MR) is 111 cm³/mol. The summed E-state index contributed by atoms with van der Waals surface area (Å²) in [7, 11) is 0. The Morgan fingerprint density at radius 1 is 1.10 bits per heavy atom. The lowest BCUT2D eigenvalue weighted by Gasteiger charge is -2.44. The van der Waals surface area contributed by atoms with Crippen LogP contribution in [0.3, 0.4) is 0 Å². The monoisotopic (exact) mass is 429 g/mol. The van der Waals surface area contributed by atoms with Gasteiger partial charge in [-0.05, 0) is 37.4 Å². The molecule has 5 rings (SSSR count). The van der Waals surface area contributed by atoms with Crippen molar-refractivity contribution in [3.05, 3.63) is 58.8 Å². The number of aliphatic carboxylic acids is 2. The molecule has 1 aromatic carbocycles. The van der Waals surface area contributed by atoms with Crippen molar-refractivity contribution in [2.75, 3.05) is 19.6 Å². The molecule has 4 heterocycles. The van der Waals surface area contributed by atoms with Gasteiger partial charge in [-0.15, -0.1) is 0 Å². The highest BCUT2D eigenvalue weighted by molar-refractivity contribution is 8.04. The van der Waals surface area contributed by atoms with Crippen molar-refractivity contribution in [3.8, 4) is 0 Å². The minimum atomic E-state index is -1.37. The third kappa shape index (κ3) is 4.22. The van der Waals surface area contributed by atoms with Crippen LogP contribution in [0.5, 0.6) is 0 Å². The number of benzene rings is 1. The molecule has 0 radical (unpaired) electrons. The third-order valence-corrected chi connectivity index (χ3v) is 7.05. The number of carboxylic acid groups (broad SMARTS) is 2. The predicted octanol–water partition coefficient (Wildman–Crippen LogP) is 1.84. The number of fused-ring (bicyclic) bond motifs is 3. The summed E-state index contributed by atoms with van der Waals surface area (Å²) in [6.07, 6.45) is 4.24. The summed E-state index contributed by atoms with van der Waals surface area (Å²) in [6.45, 7) is 2.97. The minimum absolute atomic E-state index is 0.0826. The van der Waals surface area contributed by atoms with Crippen molar-refractivity contribution in [2.24, 2.45) is 5.92 Å². The second kappa shape index (κ2) is 8.53. The molecule has 3 fully saturated rings. The fourth-order valence-electron chi connectivity index (χ4n) is 4.29. The van der Waals surface area contributed by atoms with Gasteiger partial charge in [0.05, 0.1) is 11.0 Å². The first-order valence-electron chi connectivity index (χ1n) is 9.85. The maximum absolute atomic E-state index is 13.0. The van der Waals surface area contributed by atoms with Crippen molar-refractivity contribution in [2.45, 2.75) is 24.3 Å². The van der Waals surface area contributed by atoms with Gasteiger partial charge < -0.3 is 25.3 Å². The molecule has 1 aromatic rings. The second-order valence-corrected chi connectivity index (χ2v) is 8.79. The van der Waals surface area contributed by atoms with E-state index in [9.17, 15) is 19.5 Å². The van der Waals surface area contributed by atoms with Gasteiger partial charge in [0.15, 0.2) is 0 Å². The van der Waals surface area contributed by atoms with E-state index in [-0.39, 0.29) is 11.9 Å². The highest BCUT2D eigenvalue weighted by Crippen LogP contribution is 2.46. The van der Waals surface area contributed by atoms with Gasteiger partial charge in [-0.25, -0.2) is 9.59 Å². The van der Waals surface area contributed by atoms with Gasteiger partial charge in [0, 0.05) is 18.8 Å². The van der Waals surface area contributed by atoms with Gasteiger partial charge in [-0.2, -0.15) is 0 Å². The van der Waals surface area contributed by atoms with Crippen LogP contribution in [0.25, 0.3) is 0 Å². The van der Waals surface area contributed by atoms with Gasteiger partial charge >= 0.3 is 11.9 Å². The molecule has 30 heavy (non-hydrogen) atoms. The second-order valence-electron chi connectivity index (χ2n) is 7.67. The smallest absolute Gasteiger partial charge is 0.352 e. The minimum Gasteiger partial charge on any atom is -0.478 e. The molecule has 3 N–H and O–H groups in total. The molecule has 2 atom stereocenters. The van der Waals surface area contributed by atoms with E-state index in [0.29, 0.717) is 16.9 Å². The zero-order valence-corrected chi connectivity index (χ0v) is 17.0. The van der Waals surface area contributed by atoms with E-state index in [2.05, 4.69) is 10.2 Å². The van der Waals surface area contributed by atoms with Crippen LogP contribution in [0.1, 0.15) is 23.8 Å². The van der Waals surface area contributed by atoms with Crippen molar-refractivity contribution in [3.63, 3.8) is 0 Å². The molecule has 0 aromatic heterocycles. The first-order chi connectivity index (χ1) is 14.4. The Hall–Kier alpha value is -2.78. The molecule has 8 nitrogen and oxygen atoms in total. The number of carboxylic acids is 2. The Balaban J connectivity index is 1.59. The molecule has 1 amide bonds. The lowest BCUT2D eigenvalue weighted by atomic mass is 9.84. The number of nitrogens with zero attached hydrogens (tertiary/aromatic N) is 2. The maximum atomic E-state index is 13.0. The molecule has 3 saturated heterocycles. The van der Waals surface area contributed by atoms with E-state index in [1.54, 1.807) is 0 Å². The van der Waals surface area contributed by atoms with Crippen LogP contribution in [-0.2, 0) is 14.4 Å². The number of hydrogen-bond donors (Lipinski definition) is 3. The van der Waals surface area contributed by atoms with Gasteiger partial charge in [-0.3, -0.25) is 4.79 Å². The summed E-state index contributed by atoms with van der Waals surface area (Å²) >= 11 is 1.23. The van der Waals surface area contributed by atoms with E-state index < -0.39 is 23.0 Å². The first-order valence-corrected chi connectivity index (χ1v) is 10.7. The molecule has 4 aliphatic rings. The summed E-state index contributed by atoms with van der Waals surface area (Å²) < 4.78 is 0. The summed E-state index contributed by atoms with van der Waals surface area (Å²) in [5.74, 6) is -2.51. The standard InChI is InChI=1S/C21H23N3O5S/c25-18(26)10-16(21(28)29)24-12-17(30-20(24)14-4-2-1-3-5-14)19(27)22-15-11-23-8-6-13(15)7-9-23/h1-5,10,12-13,15,20H,6-9,11H2,(H,22,27)(H,25,26)(H,28,29)/b16-10+/t15-,20?/m0/s1. The van der Waals surface area contributed by atoms with Crippen molar-refractivity contribution in [1.29, 1.82) is 0 Å². The zero-order chi connectivity index (χ0) is 21.3. The third-order valence-electron chi connectivity index (χ3n) is 5.79. The Morgan fingerprint density at radius 2 is 1.80 bits per heavy atom. The number of piperidine rings is 3. The molecule has 0 saturated carbocycles.